The first-order valence-corrected chi connectivity index (χ1v) is 3.90. The molecule has 1 fully saturated rings. The van der Waals surface area contributed by atoms with Crippen LogP contribution in [0.5, 0.6) is 0 Å². The molecule has 81 valence electrons. The fourth-order valence-corrected chi connectivity index (χ4v) is 1.61. The van der Waals surface area contributed by atoms with E-state index in [1.54, 1.807) is 14.2 Å². The van der Waals surface area contributed by atoms with Crippen LogP contribution < -0.4 is 0 Å². The zero-order chi connectivity index (χ0) is 8.27. The van der Waals surface area contributed by atoms with E-state index in [-0.39, 0.29) is 59.0 Å². The molecule has 0 aromatic rings. The Morgan fingerprint density at radius 1 is 1.43 bits per heavy atom. The molecule has 0 spiro atoms. The van der Waals surface area contributed by atoms with Crippen LogP contribution in [-0.2, 0) is 49.1 Å². The van der Waals surface area contributed by atoms with Crippen LogP contribution in [0.1, 0.15) is 6.42 Å². The van der Waals surface area contributed by atoms with Gasteiger partial charge < -0.3 is 23.3 Å². The molecular formula is C9H17BO2VW-2. The summed E-state index contributed by atoms with van der Waals surface area (Å²) in [5.74, 6) is 0.625. The van der Waals surface area contributed by atoms with Crippen molar-refractivity contribution in [3.8, 4) is 0 Å². The van der Waals surface area contributed by atoms with Gasteiger partial charge >= 0.3 is 0 Å². The Balaban J connectivity index is -0.000000403. The summed E-state index contributed by atoms with van der Waals surface area (Å²) in [6.45, 7) is 0.739. The third-order valence-electron chi connectivity index (χ3n) is 2.13. The Kier molecular flexibility index (Phi) is 15.9. The minimum atomic E-state index is 0. The molecule has 1 aliphatic rings. The number of hydrogen-bond donors (Lipinski definition) is 0. The Morgan fingerprint density at radius 3 is 2.43 bits per heavy atom. The smallest absolute Gasteiger partial charge is 0.0488 e. The van der Waals surface area contributed by atoms with Gasteiger partial charge in [-0.15, -0.1) is 0 Å². The maximum atomic E-state index is 5.73. The van der Waals surface area contributed by atoms with E-state index >= 15 is 0 Å². The van der Waals surface area contributed by atoms with Crippen molar-refractivity contribution in [1.82, 2.24) is 0 Å². The normalized spacial score (nSPS) is 29.7. The average Bonchev–Trinajstić information content (AvgIpc) is 2.32. The number of ether oxygens (including phenoxy) is 2. The zero-order valence-electron chi connectivity index (χ0n) is 8.97. The maximum absolute atomic E-state index is 5.73. The topological polar surface area (TPSA) is 18.5 Å². The molecule has 3 atom stereocenters. The van der Waals surface area contributed by atoms with Crippen molar-refractivity contribution in [2.45, 2.75) is 18.3 Å². The molecule has 2 nitrogen and oxygen atoms in total. The second-order valence-corrected chi connectivity index (χ2v) is 3.01. The summed E-state index contributed by atoms with van der Waals surface area (Å²) < 4.78 is 10.3. The molecular weight excluding hydrogens is 386 g/mol. The van der Waals surface area contributed by atoms with Gasteiger partial charge in [-0.25, -0.2) is 0 Å². The Labute approximate surface area is 115 Å². The second-order valence-electron chi connectivity index (χ2n) is 3.01. The third kappa shape index (κ3) is 5.98. The fraction of sp³-hybridized carbons (Fsp3) is 0.778. The summed E-state index contributed by atoms with van der Waals surface area (Å²) >= 11 is 0. The van der Waals surface area contributed by atoms with Crippen molar-refractivity contribution in [1.29, 1.82) is 0 Å². The van der Waals surface area contributed by atoms with E-state index in [1.807, 2.05) is 6.42 Å². The Morgan fingerprint density at radius 2 is 2.00 bits per heavy atom. The Bertz CT molecular complexity index is 129. The Hall–Kier alpha value is 1.26. The van der Waals surface area contributed by atoms with Gasteiger partial charge in [0.2, 0.25) is 0 Å². The van der Waals surface area contributed by atoms with E-state index in [4.69, 9.17) is 17.3 Å². The van der Waals surface area contributed by atoms with Crippen molar-refractivity contribution >= 4 is 7.85 Å². The van der Waals surface area contributed by atoms with Crippen molar-refractivity contribution < 1.29 is 49.1 Å². The van der Waals surface area contributed by atoms with E-state index in [2.05, 4.69) is 0 Å². The first-order chi connectivity index (χ1) is 5.27. The number of hydrogen-bond acceptors (Lipinski definition) is 2. The van der Waals surface area contributed by atoms with Crippen molar-refractivity contribution in [3.05, 3.63) is 13.8 Å². The van der Waals surface area contributed by atoms with Gasteiger partial charge in [-0.2, -0.15) is 5.82 Å². The molecule has 5 heteroatoms. The van der Waals surface area contributed by atoms with Gasteiger partial charge in [0.05, 0.1) is 0 Å². The van der Waals surface area contributed by atoms with Crippen LogP contribution in [0.2, 0.25) is 5.82 Å². The minimum absolute atomic E-state index is 0. The number of rotatable bonds is 3. The van der Waals surface area contributed by atoms with Gasteiger partial charge in [-0.1, -0.05) is 12.5 Å². The van der Waals surface area contributed by atoms with Crippen LogP contribution in [0, 0.1) is 19.8 Å². The minimum Gasteiger partial charge on any atom is -0.413 e. The molecule has 0 bridgehead atoms. The molecule has 3 radical (unpaired) electrons. The molecule has 14 heavy (non-hydrogen) atoms. The summed E-state index contributed by atoms with van der Waals surface area (Å²) in [6, 6.07) is 0. The summed E-state index contributed by atoms with van der Waals surface area (Å²) in [5.41, 5.74) is 0. The van der Waals surface area contributed by atoms with Crippen LogP contribution in [0.3, 0.4) is 0 Å². The van der Waals surface area contributed by atoms with Crippen LogP contribution in [0.4, 0.5) is 0 Å². The van der Waals surface area contributed by atoms with Gasteiger partial charge in [-0.3, -0.25) is 0 Å². The largest absolute Gasteiger partial charge is 0.413 e. The van der Waals surface area contributed by atoms with E-state index in [9.17, 15) is 0 Å². The monoisotopic (exact) mass is 403 g/mol. The fourth-order valence-electron chi connectivity index (χ4n) is 1.61. The van der Waals surface area contributed by atoms with E-state index < -0.39 is 0 Å². The zero-order valence-corrected chi connectivity index (χ0v) is 13.3. The summed E-state index contributed by atoms with van der Waals surface area (Å²) in [5, 5.41) is 0. The molecule has 0 aliphatic heterocycles. The van der Waals surface area contributed by atoms with E-state index in [1.165, 1.54) is 0 Å². The van der Waals surface area contributed by atoms with Gasteiger partial charge in [0.1, 0.15) is 0 Å². The molecule has 0 heterocycles. The van der Waals surface area contributed by atoms with Gasteiger partial charge in [0.25, 0.3) is 0 Å². The van der Waals surface area contributed by atoms with Crippen molar-refractivity contribution in [2.24, 2.45) is 5.92 Å². The van der Waals surface area contributed by atoms with Gasteiger partial charge in [0.15, 0.2) is 0 Å². The van der Waals surface area contributed by atoms with Crippen LogP contribution in [0.25, 0.3) is 0 Å². The molecule has 0 saturated heterocycles. The molecule has 1 saturated carbocycles. The molecule has 0 N–H and O–H groups in total. The summed E-state index contributed by atoms with van der Waals surface area (Å²) in [4.78, 5) is 0. The summed E-state index contributed by atoms with van der Waals surface area (Å²) in [7, 11) is 9.15. The van der Waals surface area contributed by atoms with Crippen LogP contribution >= 0.6 is 0 Å². The maximum Gasteiger partial charge on any atom is 0.0488 e. The van der Waals surface area contributed by atoms with Crippen LogP contribution in [-0.4, -0.2) is 34.8 Å². The van der Waals surface area contributed by atoms with Crippen molar-refractivity contribution in [3.63, 3.8) is 0 Å². The molecule has 1 unspecified atom stereocenters. The molecule has 0 aromatic carbocycles. The SMILES string of the molecule is [B][C@H]1[CH-]C(OC)[C@@H](COC)C1.[CH3-].[V].[W]. The van der Waals surface area contributed by atoms with E-state index in [0.717, 1.165) is 13.0 Å². The molecule has 1 aliphatic carbocycles. The molecule has 0 aromatic heterocycles. The van der Waals surface area contributed by atoms with Crippen LogP contribution in [0.15, 0.2) is 0 Å². The quantitative estimate of drug-likeness (QED) is 0.523. The second kappa shape index (κ2) is 10.8. The van der Waals surface area contributed by atoms with E-state index in [0.29, 0.717) is 5.92 Å². The van der Waals surface area contributed by atoms with Gasteiger partial charge in [0, 0.05) is 68.3 Å². The summed E-state index contributed by atoms with van der Waals surface area (Å²) in [6.07, 6.45) is 3.21. The van der Waals surface area contributed by atoms with Gasteiger partial charge in [-0.05, 0) is 5.92 Å². The predicted molar refractivity (Wildman–Crippen MR) is 51.0 cm³/mol. The predicted octanol–water partition coefficient (Wildman–Crippen LogP) is 1.27. The first-order valence-electron chi connectivity index (χ1n) is 3.90. The molecule has 1 rings (SSSR count). The first kappa shape index (κ1) is 20.6. The molecule has 0 amide bonds. The third-order valence-corrected chi connectivity index (χ3v) is 2.13. The van der Waals surface area contributed by atoms with Crippen molar-refractivity contribution in [2.75, 3.05) is 20.8 Å². The standard InChI is InChI=1S/C8H14BO2.CH3.V.W/c1-10-5-6-3-7(9)4-8(6)11-2;;;/h4,6-8H,3,5H2,1-2H3;1H3;;/q2*-1;;/t6-,7-,8?;;;/m1.../s1. The number of methoxy groups -OCH3 is 2. The average molecular weight is 403 g/mol.